The van der Waals surface area contributed by atoms with E-state index in [1.54, 1.807) is 20.8 Å². The van der Waals surface area contributed by atoms with E-state index in [0.717, 1.165) is 26.9 Å². The molecule has 0 radical (unpaired) electrons. The van der Waals surface area contributed by atoms with Crippen LogP contribution in [0, 0.1) is 6.92 Å². The lowest BCUT2D eigenvalue weighted by atomic mass is 10.1. The lowest BCUT2D eigenvalue weighted by molar-refractivity contribution is 0.256. The van der Waals surface area contributed by atoms with Crippen LogP contribution in [0.1, 0.15) is 37.5 Å². The SMILES string of the molecule is Cc1ccc(CN2CCc3cc(S(=O)(=O)N(N)C(C)(C)C)sc3S2(=O)=O)cc1. The summed E-state index contributed by atoms with van der Waals surface area (Å²) in [4.78, 5) is 0. The van der Waals surface area contributed by atoms with Gasteiger partial charge in [-0.05, 0) is 51.3 Å². The van der Waals surface area contributed by atoms with Gasteiger partial charge in [-0.1, -0.05) is 29.8 Å². The molecule has 7 nitrogen and oxygen atoms in total. The van der Waals surface area contributed by atoms with Gasteiger partial charge in [-0.3, -0.25) is 5.84 Å². The Bertz CT molecular complexity index is 1080. The summed E-state index contributed by atoms with van der Waals surface area (Å²) >= 11 is 0.771. The van der Waals surface area contributed by atoms with Crippen LogP contribution in [0.3, 0.4) is 0 Å². The van der Waals surface area contributed by atoms with Gasteiger partial charge in [-0.25, -0.2) is 16.8 Å². The van der Waals surface area contributed by atoms with Crippen LogP contribution in [0.25, 0.3) is 0 Å². The molecule has 3 rings (SSSR count). The monoisotopic (exact) mass is 443 g/mol. The Morgan fingerprint density at radius 3 is 2.39 bits per heavy atom. The summed E-state index contributed by atoms with van der Waals surface area (Å²) in [7, 11) is -7.74. The number of nitrogens with two attached hydrogens (primary N) is 1. The van der Waals surface area contributed by atoms with Crippen molar-refractivity contribution in [3.63, 3.8) is 0 Å². The number of hydrogen-bond donors (Lipinski definition) is 1. The van der Waals surface area contributed by atoms with Crippen LogP contribution in [0.15, 0.2) is 38.8 Å². The summed E-state index contributed by atoms with van der Waals surface area (Å²) < 4.78 is 54.0. The van der Waals surface area contributed by atoms with E-state index in [0.29, 0.717) is 18.5 Å². The lowest BCUT2D eigenvalue weighted by Crippen LogP contribution is -2.50. The fourth-order valence-corrected chi connectivity index (χ4v) is 8.25. The van der Waals surface area contributed by atoms with Gasteiger partial charge in [0.2, 0.25) is 0 Å². The molecular formula is C18H25N3O4S3. The van der Waals surface area contributed by atoms with Gasteiger partial charge in [-0.15, -0.1) is 15.8 Å². The number of benzene rings is 1. The number of aryl methyl sites for hydroxylation is 1. The highest BCUT2D eigenvalue weighted by atomic mass is 32.3. The fourth-order valence-electron chi connectivity index (χ4n) is 2.91. The average Bonchev–Trinajstić information content (AvgIpc) is 3.04. The first-order valence-electron chi connectivity index (χ1n) is 8.82. The van der Waals surface area contributed by atoms with Crippen molar-refractivity contribution in [2.24, 2.45) is 5.84 Å². The maximum atomic E-state index is 13.1. The predicted octanol–water partition coefficient (Wildman–Crippen LogP) is 2.47. The van der Waals surface area contributed by atoms with Gasteiger partial charge in [0.25, 0.3) is 20.0 Å². The lowest BCUT2D eigenvalue weighted by Gasteiger charge is -2.29. The van der Waals surface area contributed by atoms with Crippen LogP contribution in [0.5, 0.6) is 0 Å². The molecule has 0 unspecified atom stereocenters. The number of rotatable bonds is 4. The second-order valence-electron chi connectivity index (χ2n) is 7.92. The minimum Gasteiger partial charge on any atom is -0.254 e. The van der Waals surface area contributed by atoms with Crippen LogP contribution >= 0.6 is 11.3 Å². The maximum absolute atomic E-state index is 13.1. The average molecular weight is 444 g/mol. The summed E-state index contributed by atoms with van der Waals surface area (Å²) in [5.74, 6) is 5.82. The minimum absolute atomic E-state index is 0.0457. The molecular weight excluding hydrogens is 418 g/mol. The van der Waals surface area contributed by atoms with Crippen LogP contribution in [0.2, 0.25) is 0 Å². The molecule has 0 saturated heterocycles. The van der Waals surface area contributed by atoms with Gasteiger partial charge in [0.05, 0.1) is 0 Å². The number of nitrogens with zero attached hydrogens (tertiary/aromatic N) is 2. The Kier molecular flexibility index (Phi) is 5.50. The fraction of sp³-hybridized carbons (Fsp3) is 0.444. The molecule has 1 aromatic carbocycles. The van der Waals surface area contributed by atoms with Crippen molar-refractivity contribution in [3.05, 3.63) is 47.0 Å². The molecule has 0 aliphatic carbocycles. The number of thiophene rings is 1. The summed E-state index contributed by atoms with van der Waals surface area (Å²) in [6, 6.07) is 9.13. The van der Waals surface area contributed by atoms with E-state index in [-0.39, 0.29) is 15.0 Å². The zero-order valence-electron chi connectivity index (χ0n) is 16.3. The maximum Gasteiger partial charge on any atom is 0.265 e. The van der Waals surface area contributed by atoms with E-state index in [4.69, 9.17) is 5.84 Å². The summed E-state index contributed by atoms with van der Waals surface area (Å²) in [5.41, 5.74) is 1.71. The highest BCUT2D eigenvalue weighted by molar-refractivity contribution is 7.94. The molecule has 0 bridgehead atoms. The van der Waals surface area contributed by atoms with Gasteiger partial charge in [-0.2, -0.15) is 4.31 Å². The van der Waals surface area contributed by atoms with E-state index >= 15 is 0 Å². The topological polar surface area (TPSA) is 101 Å². The van der Waals surface area contributed by atoms with Crippen LogP contribution < -0.4 is 5.84 Å². The minimum atomic E-state index is -3.98. The van der Waals surface area contributed by atoms with Crippen molar-refractivity contribution in [1.29, 1.82) is 0 Å². The van der Waals surface area contributed by atoms with Crippen LogP contribution in [-0.2, 0) is 33.0 Å². The van der Waals surface area contributed by atoms with Crippen molar-refractivity contribution >= 4 is 31.4 Å². The van der Waals surface area contributed by atoms with Gasteiger partial charge in [0.1, 0.15) is 8.42 Å². The number of sulfonamides is 2. The van der Waals surface area contributed by atoms with Crippen molar-refractivity contribution in [2.45, 2.75) is 54.6 Å². The molecule has 0 saturated carbocycles. The Morgan fingerprint density at radius 2 is 1.82 bits per heavy atom. The molecule has 0 atom stereocenters. The molecule has 2 N–H and O–H groups in total. The Balaban J connectivity index is 1.94. The smallest absolute Gasteiger partial charge is 0.254 e. The molecule has 0 spiro atoms. The highest BCUT2D eigenvalue weighted by Gasteiger charge is 2.38. The molecule has 1 aromatic heterocycles. The third-order valence-corrected chi connectivity index (χ3v) is 10.6. The Hall–Kier alpha value is -1.30. The molecule has 0 amide bonds. The van der Waals surface area contributed by atoms with Crippen molar-refractivity contribution < 1.29 is 16.8 Å². The van der Waals surface area contributed by atoms with E-state index in [2.05, 4.69) is 0 Å². The molecule has 2 aromatic rings. The van der Waals surface area contributed by atoms with Crippen molar-refractivity contribution in [2.75, 3.05) is 6.54 Å². The second kappa shape index (κ2) is 7.19. The third-order valence-electron chi connectivity index (χ3n) is 4.61. The summed E-state index contributed by atoms with van der Waals surface area (Å²) in [6.07, 6.45) is 0.465. The zero-order chi connectivity index (χ0) is 20.9. The second-order valence-corrected chi connectivity index (χ2v) is 13.2. The molecule has 1 aliphatic heterocycles. The van der Waals surface area contributed by atoms with E-state index in [1.165, 1.54) is 10.4 Å². The quantitative estimate of drug-likeness (QED) is 0.578. The summed E-state index contributed by atoms with van der Waals surface area (Å²) in [5, 5.41) is 0. The van der Waals surface area contributed by atoms with Crippen LogP contribution in [0.4, 0.5) is 0 Å². The van der Waals surface area contributed by atoms with Gasteiger partial charge in [0.15, 0.2) is 0 Å². The Labute approximate surface area is 170 Å². The first-order valence-corrected chi connectivity index (χ1v) is 12.5. The van der Waals surface area contributed by atoms with E-state index in [9.17, 15) is 16.8 Å². The van der Waals surface area contributed by atoms with Crippen molar-refractivity contribution in [1.82, 2.24) is 8.72 Å². The highest BCUT2D eigenvalue weighted by Crippen LogP contribution is 2.38. The van der Waals surface area contributed by atoms with Gasteiger partial charge < -0.3 is 0 Å². The largest absolute Gasteiger partial charge is 0.265 e. The molecule has 2 heterocycles. The number of fused-ring (bicyclic) bond motifs is 1. The molecule has 0 fully saturated rings. The molecule has 28 heavy (non-hydrogen) atoms. The number of hydrogen-bond acceptors (Lipinski definition) is 6. The van der Waals surface area contributed by atoms with Crippen molar-refractivity contribution in [3.8, 4) is 0 Å². The predicted molar refractivity (Wildman–Crippen MR) is 110 cm³/mol. The molecule has 10 heteroatoms. The third kappa shape index (κ3) is 3.89. The van der Waals surface area contributed by atoms with Gasteiger partial charge >= 0.3 is 0 Å². The standard InChI is InChI=1S/C18H25N3O4S3/c1-13-5-7-14(8-6-13)12-20-10-9-15-11-16(26-17(15)28(20,24)25)27(22,23)21(19)18(2,3)4/h5-8,11H,9-10,12,19H2,1-4H3. The molecule has 1 aliphatic rings. The van der Waals surface area contributed by atoms with E-state index in [1.807, 2.05) is 31.2 Å². The first kappa shape index (κ1) is 21.4. The summed E-state index contributed by atoms with van der Waals surface area (Å²) in [6.45, 7) is 7.58. The number of hydrazine groups is 1. The molecule has 154 valence electrons. The van der Waals surface area contributed by atoms with Gasteiger partial charge in [0, 0.05) is 18.6 Å². The van der Waals surface area contributed by atoms with Crippen LogP contribution in [-0.4, -0.2) is 37.6 Å². The normalized spacial score (nSPS) is 17.6. The van der Waals surface area contributed by atoms with E-state index < -0.39 is 25.6 Å². The Morgan fingerprint density at radius 1 is 1.21 bits per heavy atom. The first-order chi connectivity index (χ1) is 12.8. The zero-order valence-corrected chi connectivity index (χ0v) is 18.8.